The molecule has 1 amide bonds. The van der Waals surface area contributed by atoms with Gasteiger partial charge in [0.15, 0.2) is 4.77 Å². The molecule has 0 aliphatic rings. The van der Waals surface area contributed by atoms with E-state index in [9.17, 15) is 4.79 Å². The zero-order valence-electron chi connectivity index (χ0n) is 13.8. The van der Waals surface area contributed by atoms with Gasteiger partial charge in [-0.2, -0.15) is 4.98 Å². The number of carbonyl (C=O) groups is 1. The fraction of sp³-hybridized carbons (Fsp3) is 0. The van der Waals surface area contributed by atoms with Crippen molar-refractivity contribution in [3.8, 4) is 17.1 Å². The van der Waals surface area contributed by atoms with Gasteiger partial charge in [-0.25, -0.2) is 5.43 Å². The third kappa shape index (κ3) is 3.46. The number of H-pyrrole nitrogens is 1. The molecule has 4 rings (SSSR count). The molecule has 0 spiro atoms. The number of hydrogen-bond donors (Lipinski definition) is 3. The van der Waals surface area contributed by atoms with E-state index in [0.717, 1.165) is 11.3 Å². The monoisotopic (exact) mass is 379 g/mol. The molecule has 3 aromatic heterocycles. The first-order valence-corrected chi connectivity index (χ1v) is 8.29. The van der Waals surface area contributed by atoms with Crippen LogP contribution in [0, 0.1) is 4.77 Å². The Hall–Kier alpha value is -3.79. The molecule has 0 fully saturated rings. The predicted octanol–water partition coefficient (Wildman–Crippen LogP) is 2.74. The quantitative estimate of drug-likeness (QED) is 0.361. The first kappa shape index (κ1) is 16.7. The maximum absolute atomic E-state index is 12.5. The molecule has 3 heterocycles. The molecular formula is C17H13N7O2S. The smallest absolute Gasteiger partial charge is 0.336 e. The molecule has 0 unspecified atom stereocenters. The van der Waals surface area contributed by atoms with Crippen LogP contribution in [0.2, 0.25) is 0 Å². The summed E-state index contributed by atoms with van der Waals surface area (Å²) in [7, 11) is 0. The average Bonchev–Trinajstić information content (AvgIpc) is 3.34. The highest BCUT2D eigenvalue weighted by Crippen LogP contribution is 2.16. The molecule has 3 N–H and O–H groups in total. The van der Waals surface area contributed by atoms with Gasteiger partial charge in [0.05, 0.1) is 0 Å². The molecule has 9 nitrogen and oxygen atoms in total. The van der Waals surface area contributed by atoms with E-state index in [-0.39, 0.29) is 6.01 Å². The summed E-state index contributed by atoms with van der Waals surface area (Å²) in [5, 5.41) is 3.85. The first-order chi connectivity index (χ1) is 13.2. The summed E-state index contributed by atoms with van der Waals surface area (Å²) < 4.78 is 7.12. The van der Waals surface area contributed by atoms with Crippen LogP contribution in [0.4, 0.5) is 6.01 Å². The highest BCUT2D eigenvalue weighted by atomic mass is 32.1. The van der Waals surface area contributed by atoms with Crippen molar-refractivity contribution in [1.82, 2.24) is 30.1 Å². The van der Waals surface area contributed by atoms with E-state index < -0.39 is 5.91 Å². The van der Waals surface area contributed by atoms with Gasteiger partial charge in [0.1, 0.15) is 5.69 Å². The lowest BCUT2D eigenvalue weighted by molar-refractivity contribution is 0.0954. The molecule has 0 bridgehead atoms. The van der Waals surface area contributed by atoms with Gasteiger partial charge in [0.2, 0.25) is 5.82 Å². The normalized spacial score (nSPS) is 10.5. The molecule has 0 saturated carbocycles. The van der Waals surface area contributed by atoms with Crippen LogP contribution in [0.3, 0.4) is 0 Å². The second kappa shape index (κ2) is 7.22. The van der Waals surface area contributed by atoms with Crippen LogP contribution >= 0.6 is 12.2 Å². The molecule has 0 radical (unpaired) electrons. The number of pyridine rings is 1. The Morgan fingerprint density at radius 3 is 2.70 bits per heavy atom. The number of anilines is 1. The van der Waals surface area contributed by atoms with Crippen LogP contribution in [0.25, 0.3) is 17.1 Å². The van der Waals surface area contributed by atoms with Gasteiger partial charge in [-0.05, 0) is 36.5 Å². The number of hydrogen-bond acceptors (Lipinski definition) is 7. The van der Waals surface area contributed by atoms with Gasteiger partial charge >= 0.3 is 6.01 Å². The van der Waals surface area contributed by atoms with E-state index in [1.165, 1.54) is 6.20 Å². The van der Waals surface area contributed by atoms with E-state index in [0.29, 0.717) is 16.3 Å². The van der Waals surface area contributed by atoms with Crippen LogP contribution in [0.1, 0.15) is 10.5 Å². The Bertz CT molecular complexity index is 1120. The fourth-order valence-corrected chi connectivity index (χ4v) is 2.70. The standard InChI is InChI=1S/C17H13N7O2S/c25-15(13-10-19-17(27)24(13)12-4-2-1-3-5-12)21-22-16-20-14(23-26-16)11-6-8-18-9-7-11/h1-10H,(H,19,27)(H,21,25)(H,20,22,23). The number of benzene rings is 1. The van der Waals surface area contributed by atoms with Crippen molar-refractivity contribution in [2.45, 2.75) is 0 Å². The maximum Gasteiger partial charge on any atom is 0.340 e. The zero-order valence-corrected chi connectivity index (χ0v) is 14.6. The lowest BCUT2D eigenvalue weighted by Crippen LogP contribution is -2.31. The van der Waals surface area contributed by atoms with Crippen LogP contribution < -0.4 is 10.9 Å². The Kier molecular flexibility index (Phi) is 4.45. The first-order valence-electron chi connectivity index (χ1n) is 7.89. The highest BCUT2D eigenvalue weighted by molar-refractivity contribution is 7.71. The summed E-state index contributed by atoms with van der Waals surface area (Å²) in [5.41, 5.74) is 6.97. The molecule has 0 atom stereocenters. The van der Waals surface area contributed by atoms with Crippen LogP contribution in [-0.4, -0.2) is 30.6 Å². The second-order valence-corrected chi connectivity index (χ2v) is 5.77. The van der Waals surface area contributed by atoms with E-state index in [4.69, 9.17) is 16.7 Å². The largest absolute Gasteiger partial charge is 0.340 e. The molecule has 0 aliphatic heterocycles. The minimum Gasteiger partial charge on any atom is -0.336 e. The van der Waals surface area contributed by atoms with Crippen molar-refractivity contribution < 1.29 is 9.32 Å². The number of para-hydroxylation sites is 1. The zero-order chi connectivity index (χ0) is 18.6. The van der Waals surface area contributed by atoms with Gasteiger partial charge in [0, 0.05) is 29.8 Å². The topological polar surface area (TPSA) is 114 Å². The molecule has 0 saturated heterocycles. The van der Waals surface area contributed by atoms with Crippen LogP contribution in [-0.2, 0) is 0 Å². The number of aromatic nitrogens is 5. The number of imidazole rings is 1. The van der Waals surface area contributed by atoms with E-state index in [1.807, 2.05) is 30.3 Å². The van der Waals surface area contributed by atoms with Gasteiger partial charge < -0.3 is 9.51 Å². The number of hydrazine groups is 1. The molecule has 1 aromatic carbocycles. The SMILES string of the molecule is O=C(NNc1nc(-c2ccncc2)no1)c1c[nH]c(=S)n1-c1ccccc1. The molecule has 10 heteroatoms. The van der Waals surface area contributed by atoms with Gasteiger partial charge in [0.25, 0.3) is 5.91 Å². The number of carbonyl (C=O) groups excluding carboxylic acids is 1. The molecular weight excluding hydrogens is 366 g/mol. The Balaban J connectivity index is 1.50. The summed E-state index contributed by atoms with van der Waals surface area (Å²) in [4.78, 5) is 23.5. The molecule has 4 aromatic rings. The van der Waals surface area contributed by atoms with Crippen molar-refractivity contribution in [2.24, 2.45) is 0 Å². The third-order valence-electron chi connectivity index (χ3n) is 3.67. The maximum atomic E-state index is 12.5. The van der Waals surface area contributed by atoms with Crippen LogP contribution in [0.5, 0.6) is 0 Å². The minimum atomic E-state index is -0.421. The van der Waals surface area contributed by atoms with Crippen molar-refractivity contribution in [3.05, 3.63) is 71.5 Å². The summed E-state index contributed by atoms with van der Waals surface area (Å²) in [6.07, 6.45) is 4.78. The minimum absolute atomic E-state index is 0.0514. The summed E-state index contributed by atoms with van der Waals surface area (Å²) >= 11 is 5.27. The van der Waals surface area contributed by atoms with Crippen molar-refractivity contribution >= 4 is 24.1 Å². The number of nitrogens with zero attached hydrogens (tertiary/aromatic N) is 4. The fourth-order valence-electron chi connectivity index (χ4n) is 2.44. The van der Waals surface area contributed by atoms with E-state index in [1.54, 1.807) is 29.1 Å². The summed E-state index contributed by atoms with van der Waals surface area (Å²) in [6.45, 7) is 0. The molecule has 134 valence electrons. The Morgan fingerprint density at radius 2 is 1.93 bits per heavy atom. The van der Waals surface area contributed by atoms with E-state index >= 15 is 0 Å². The van der Waals surface area contributed by atoms with Crippen molar-refractivity contribution in [1.29, 1.82) is 0 Å². The van der Waals surface area contributed by atoms with Crippen LogP contribution in [0.15, 0.2) is 65.6 Å². The Labute approximate surface area is 158 Å². The summed E-state index contributed by atoms with van der Waals surface area (Å²) in [6, 6.07) is 12.9. The number of aromatic amines is 1. The van der Waals surface area contributed by atoms with Crippen molar-refractivity contribution in [2.75, 3.05) is 5.43 Å². The number of rotatable bonds is 5. The Morgan fingerprint density at radius 1 is 1.15 bits per heavy atom. The number of nitrogens with one attached hydrogen (secondary N) is 3. The lowest BCUT2D eigenvalue weighted by atomic mass is 10.3. The van der Waals surface area contributed by atoms with E-state index in [2.05, 4.69) is 31.0 Å². The molecule has 27 heavy (non-hydrogen) atoms. The third-order valence-corrected chi connectivity index (χ3v) is 3.97. The lowest BCUT2D eigenvalue weighted by Gasteiger charge is -2.08. The second-order valence-electron chi connectivity index (χ2n) is 5.39. The highest BCUT2D eigenvalue weighted by Gasteiger charge is 2.15. The predicted molar refractivity (Wildman–Crippen MR) is 99.6 cm³/mol. The summed E-state index contributed by atoms with van der Waals surface area (Å²) in [5.74, 6) is -0.0437. The van der Waals surface area contributed by atoms with Crippen molar-refractivity contribution in [3.63, 3.8) is 0 Å². The van der Waals surface area contributed by atoms with Gasteiger partial charge in [-0.1, -0.05) is 23.4 Å². The molecule has 0 aliphatic carbocycles. The van der Waals surface area contributed by atoms with Gasteiger partial charge in [-0.15, -0.1) is 0 Å². The average molecular weight is 379 g/mol. The van der Waals surface area contributed by atoms with Gasteiger partial charge in [-0.3, -0.25) is 19.8 Å². The number of amides is 1.